The Kier molecular flexibility index (Phi) is 7.45. The van der Waals surface area contributed by atoms with E-state index >= 15 is 0 Å². The van der Waals surface area contributed by atoms with E-state index in [1.165, 1.54) is 12.8 Å². The lowest BCUT2D eigenvalue weighted by atomic mass is 10.2. The molecule has 0 aliphatic heterocycles. The average Bonchev–Trinajstić information content (AvgIpc) is 3.16. The number of nitrogens with one attached hydrogen (secondary N) is 2. The van der Waals surface area contributed by atoms with E-state index in [0.717, 1.165) is 31.0 Å². The Morgan fingerprint density at radius 2 is 2.26 bits per heavy atom. The number of halogens is 2. The molecule has 1 fully saturated rings. The summed E-state index contributed by atoms with van der Waals surface area (Å²) in [5, 5.41) is 7.17. The van der Waals surface area contributed by atoms with Gasteiger partial charge in [0.25, 0.3) is 0 Å². The topological polar surface area (TPSA) is 49.3 Å². The highest BCUT2D eigenvalue weighted by Gasteiger charge is 2.21. The van der Waals surface area contributed by atoms with Crippen LogP contribution in [0, 0.1) is 0 Å². The van der Waals surface area contributed by atoms with Crippen molar-refractivity contribution in [2.75, 3.05) is 13.1 Å². The van der Waals surface area contributed by atoms with Gasteiger partial charge in [-0.25, -0.2) is 4.98 Å². The first kappa shape index (κ1) is 16.5. The van der Waals surface area contributed by atoms with E-state index < -0.39 is 0 Å². The molecule has 1 aliphatic rings. The highest BCUT2D eigenvalue weighted by Crippen LogP contribution is 2.18. The Hall–Kier alpha value is -0.560. The zero-order chi connectivity index (χ0) is 12.8. The van der Waals surface area contributed by atoms with Crippen molar-refractivity contribution in [2.45, 2.75) is 32.2 Å². The quantitative estimate of drug-likeness (QED) is 0.349. The summed E-state index contributed by atoms with van der Waals surface area (Å²) in [6.07, 6.45) is 5.20. The molecule has 106 valence electrons. The molecule has 1 aromatic heterocycles. The highest BCUT2D eigenvalue weighted by atomic mass is 127. The zero-order valence-electron chi connectivity index (χ0n) is 11.0. The Bertz CT molecular complexity index is 404. The smallest absolute Gasteiger partial charge is 0.191 e. The number of hydrogen-bond donors (Lipinski definition) is 2. The van der Waals surface area contributed by atoms with Crippen molar-refractivity contribution < 1.29 is 0 Å². The lowest BCUT2D eigenvalue weighted by Crippen LogP contribution is -2.38. The van der Waals surface area contributed by atoms with Crippen LogP contribution in [-0.4, -0.2) is 30.1 Å². The molecule has 19 heavy (non-hydrogen) atoms. The van der Waals surface area contributed by atoms with E-state index in [0.29, 0.717) is 11.2 Å². The maximum absolute atomic E-state index is 5.74. The summed E-state index contributed by atoms with van der Waals surface area (Å²) in [6.45, 7) is 3.72. The van der Waals surface area contributed by atoms with Gasteiger partial charge in [-0.3, -0.25) is 4.99 Å². The summed E-state index contributed by atoms with van der Waals surface area (Å²) in [6, 6.07) is 4.43. The van der Waals surface area contributed by atoms with Gasteiger partial charge in [0.15, 0.2) is 5.96 Å². The molecule has 1 heterocycles. The first-order chi connectivity index (χ1) is 8.78. The minimum atomic E-state index is 0. The maximum atomic E-state index is 5.74. The lowest BCUT2D eigenvalue weighted by Gasteiger charge is -2.09. The van der Waals surface area contributed by atoms with Crippen molar-refractivity contribution in [3.05, 3.63) is 29.0 Å². The second-order valence-corrected chi connectivity index (χ2v) is 4.81. The van der Waals surface area contributed by atoms with Crippen LogP contribution in [0.1, 0.15) is 25.3 Å². The molecule has 0 unspecified atom stereocenters. The first-order valence-electron chi connectivity index (χ1n) is 6.43. The monoisotopic (exact) mass is 394 g/mol. The number of aromatic nitrogens is 1. The number of nitrogens with zero attached hydrogens (tertiary/aromatic N) is 2. The molecular formula is C13H20ClIN4. The van der Waals surface area contributed by atoms with Gasteiger partial charge in [-0.1, -0.05) is 17.7 Å². The Balaban J connectivity index is 0.00000180. The van der Waals surface area contributed by atoms with Gasteiger partial charge < -0.3 is 10.6 Å². The van der Waals surface area contributed by atoms with Gasteiger partial charge in [-0.05, 0) is 37.8 Å². The molecule has 0 aromatic carbocycles. The normalized spacial score (nSPS) is 14.7. The standard InChI is InChI=1S/C13H19ClN4.HI/c1-2-15-13(18-11-4-5-11)16-8-7-10-3-6-12(14)17-9-10;/h3,6,9,11H,2,4-5,7-8H2,1H3,(H2,15,16,18);1H. The average molecular weight is 395 g/mol. The van der Waals surface area contributed by atoms with Gasteiger partial charge >= 0.3 is 0 Å². The van der Waals surface area contributed by atoms with E-state index in [4.69, 9.17) is 11.6 Å². The van der Waals surface area contributed by atoms with Crippen LogP contribution in [0.5, 0.6) is 0 Å². The third-order valence-corrected chi connectivity index (χ3v) is 2.95. The summed E-state index contributed by atoms with van der Waals surface area (Å²) in [5.41, 5.74) is 1.16. The zero-order valence-corrected chi connectivity index (χ0v) is 14.1. The summed E-state index contributed by atoms with van der Waals surface area (Å²) < 4.78 is 0. The van der Waals surface area contributed by atoms with Crippen molar-refractivity contribution in [3.8, 4) is 0 Å². The fourth-order valence-electron chi connectivity index (χ4n) is 1.59. The van der Waals surface area contributed by atoms with Gasteiger partial charge in [-0.15, -0.1) is 24.0 Å². The fraction of sp³-hybridized carbons (Fsp3) is 0.538. The third kappa shape index (κ3) is 6.42. The van der Waals surface area contributed by atoms with Crippen molar-refractivity contribution in [2.24, 2.45) is 4.99 Å². The SMILES string of the molecule is CCNC(=NCCc1ccc(Cl)nc1)NC1CC1.I. The Labute approximate surface area is 136 Å². The molecule has 0 saturated heterocycles. The van der Waals surface area contributed by atoms with Gasteiger partial charge in [0.2, 0.25) is 0 Å². The van der Waals surface area contributed by atoms with Crippen LogP contribution in [0.2, 0.25) is 5.15 Å². The second-order valence-electron chi connectivity index (χ2n) is 4.42. The van der Waals surface area contributed by atoms with Crippen molar-refractivity contribution in [1.29, 1.82) is 0 Å². The van der Waals surface area contributed by atoms with Crippen molar-refractivity contribution in [1.82, 2.24) is 15.6 Å². The fourth-order valence-corrected chi connectivity index (χ4v) is 1.70. The molecule has 4 nitrogen and oxygen atoms in total. The molecule has 0 bridgehead atoms. The van der Waals surface area contributed by atoms with Gasteiger partial charge in [-0.2, -0.15) is 0 Å². The predicted octanol–water partition coefficient (Wildman–Crippen LogP) is 2.61. The first-order valence-corrected chi connectivity index (χ1v) is 6.81. The van der Waals surface area contributed by atoms with Crippen molar-refractivity contribution in [3.63, 3.8) is 0 Å². The Morgan fingerprint density at radius 1 is 1.47 bits per heavy atom. The molecular weight excluding hydrogens is 375 g/mol. The third-order valence-electron chi connectivity index (χ3n) is 2.72. The molecule has 6 heteroatoms. The predicted molar refractivity (Wildman–Crippen MR) is 90.5 cm³/mol. The van der Waals surface area contributed by atoms with Crippen LogP contribution in [0.15, 0.2) is 23.3 Å². The van der Waals surface area contributed by atoms with Gasteiger partial charge in [0.1, 0.15) is 5.15 Å². The minimum Gasteiger partial charge on any atom is -0.357 e. The number of rotatable bonds is 5. The van der Waals surface area contributed by atoms with E-state index in [-0.39, 0.29) is 24.0 Å². The van der Waals surface area contributed by atoms with Gasteiger partial charge in [0.05, 0.1) is 0 Å². The van der Waals surface area contributed by atoms with Crippen LogP contribution >= 0.6 is 35.6 Å². The summed E-state index contributed by atoms with van der Waals surface area (Å²) >= 11 is 5.74. The van der Waals surface area contributed by atoms with E-state index in [1.807, 2.05) is 12.1 Å². The number of guanidine groups is 1. The van der Waals surface area contributed by atoms with Crippen LogP contribution in [-0.2, 0) is 6.42 Å². The molecule has 2 N–H and O–H groups in total. The number of pyridine rings is 1. The summed E-state index contributed by atoms with van der Waals surface area (Å²) in [7, 11) is 0. The molecule has 0 radical (unpaired) electrons. The van der Waals surface area contributed by atoms with E-state index in [2.05, 4.69) is 27.5 Å². The Morgan fingerprint density at radius 3 is 2.84 bits per heavy atom. The van der Waals surface area contributed by atoms with Crippen LogP contribution in [0.25, 0.3) is 0 Å². The number of hydrogen-bond acceptors (Lipinski definition) is 2. The van der Waals surface area contributed by atoms with E-state index in [1.54, 1.807) is 6.20 Å². The molecule has 0 amide bonds. The number of aliphatic imine (C=N–C) groups is 1. The largest absolute Gasteiger partial charge is 0.357 e. The van der Waals surface area contributed by atoms with Crippen LogP contribution in [0.4, 0.5) is 0 Å². The lowest BCUT2D eigenvalue weighted by molar-refractivity contribution is 0.807. The minimum absolute atomic E-state index is 0. The second kappa shape index (κ2) is 8.58. The molecule has 0 atom stereocenters. The summed E-state index contributed by atoms with van der Waals surface area (Å²) in [4.78, 5) is 8.60. The van der Waals surface area contributed by atoms with Gasteiger partial charge in [0, 0.05) is 25.3 Å². The maximum Gasteiger partial charge on any atom is 0.191 e. The van der Waals surface area contributed by atoms with Crippen LogP contribution in [0.3, 0.4) is 0 Å². The highest BCUT2D eigenvalue weighted by molar-refractivity contribution is 14.0. The van der Waals surface area contributed by atoms with Crippen LogP contribution < -0.4 is 10.6 Å². The van der Waals surface area contributed by atoms with Crippen molar-refractivity contribution >= 4 is 41.5 Å². The van der Waals surface area contributed by atoms with E-state index in [9.17, 15) is 0 Å². The molecule has 0 spiro atoms. The molecule has 2 rings (SSSR count). The molecule has 1 saturated carbocycles. The molecule has 1 aromatic rings. The molecule has 1 aliphatic carbocycles. The summed E-state index contributed by atoms with van der Waals surface area (Å²) in [5.74, 6) is 0.918.